The molecule has 0 atom stereocenters. The molecule has 0 bridgehead atoms. The maximum Gasteiger partial charge on any atom is 0.231 e. The van der Waals surface area contributed by atoms with E-state index < -0.39 is 11.0 Å². The quantitative estimate of drug-likeness (QED) is 0.391. The SMILES string of the molecule is O=C(NC1(c2ccc(F)cc2)CC1)C1(c2ccc(F)cc2)CCN(Cc2ccc(N3CCCCC3)cc2)CC1. The van der Waals surface area contributed by atoms with Crippen LogP contribution in [0.1, 0.15) is 61.6 Å². The fraction of sp³-hybridized carbons (Fsp3) is 0.424. The Morgan fingerprint density at radius 1 is 0.692 bits per heavy atom. The summed E-state index contributed by atoms with van der Waals surface area (Å²) in [6.07, 6.45) is 6.86. The van der Waals surface area contributed by atoms with E-state index in [-0.39, 0.29) is 17.5 Å². The first-order valence-electron chi connectivity index (χ1n) is 14.4. The average Bonchev–Trinajstić information content (AvgIpc) is 3.75. The second-order valence-corrected chi connectivity index (χ2v) is 11.6. The predicted octanol–water partition coefficient (Wildman–Crippen LogP) is 6.29. The van der Waals surface area contributed by atoms with E-state index in [0.29, 0.717) is 12.8 Å². The van der Waals surface area contributed by atoms with Crippen LogP contribution in [0.15, 0.2) is 72.8 Å². The molecule has 0 unspecified atom stereocenters. The highest BCUT2D eigenvalue weighted by Gasteiger charge is 2.51. The van der Waals surface area contributed by atoms with Gasteiger partial charge in [0.15, 0.2) is 0 Å². The van der Waals surface area contributed by atoms with Crippen LogP contribution in [-0.2, 0) is 22.3 Å². The van der Waals surface area contributed by atoms with Crippen LogP contribution >= 0.6 is 0 Å². The van der Waals surface area contributed by atoms with E-state index in [9.17, 15) is 13.6 Å². The van der Waals surface area contributed by atoms with Crippen molar-refractivity contribution in [3.8, 4) is 0 Å². The molecule has 6 heteroatoms. The Bertz CT molecular complexity index is 1270. The lowest BCUT2D eigenvalue weighted by atomic mass is 9.71. The fourth-order valence-electron chi connectivity index (χ4n) is 6.45. The molecule has 2 saturated heterocycles. The average molecular weight is 530 g/mol. The second-order valence-electron chi connectivity index (χ2n) is 11.6. The van der Waals surface area contributed by atoms with Gasteiger partial charge in [0.2, 0.25) is 5.91 Å². The lowest BCUT2D eigenvalue weighted by Gasteiger charge is -2.42. The first-order chi connectivity index (χ1) is 19.0. The van der Waals surface area contributed by atoms with Gasteiger partial charge < -0.3 is 10.2 Å². The van der Waals surface area contributed by atoms with Crippen molar-refractivity contribution in [3.05, 3.63) is 101 Å². The third-order valence-electron chi connectivity index (χ3n) is 9.10. The number of carbonyl (C=O) groups is 1. The summed E-state index contributed by atoms with van der Waals surface area (Å²) >= 11 is 0. The van der Waals surface area contributed by atoms with Crippen molar-refractivity contribution in [1.29, 1.82) is 0 Å². The molecule has 204 valence electrons. The highest BCUT2D eigenvalue weighted by molar-refractivity contribution is 5.89. The molecule has 39 heavy (non-hydrogen) atoms. The number of nitrogens with one attached hydrogen (secondary N) is 1. The fourth-order valence-corrected chi connectivity index (χ4v) is 6.45. The van der Waals surface area contributed by atoms with Crippen LogP contribution in [0, 0.1) is 11.6 Å². The van der Waals surface area contributed by atoms with E-state index in [4.69, 9.17) is 0 Å². The van der Waals surface area contributed by atoms with Crippen molar-refractivity contribution >= 4 is 11.6 Å². The molecular formula is C33H37F2N3O. The number of piperidine rings is 2. The number of anilines is 1. The van der Waals surface area contributed by atoms with E-state index >= 15 is 0 Å². The monoisotopic (exact) mass is 529 g/mol. The van der Waals surface area contributed by atoms with Crippen LogP contribution in [0.5, 0.6) is 0 Å². The summed E-state index contributed by atoms with van der Waals surface area (Å²) in [4.78, 5) is 18.9. The van der Waals surface area contributed by atoms with E-state index in [1.807, 2.05) is 0 Å². The predicted molar refractivity (Wildman–Crippen MR) is 151 cm³/mol. The molecule has 2 heterocycles. The molecule has 0 radical (unpaired) electrons. The maximum atomic E-state index is 14.1. The van der Waals surface area contributed by atoms with Crippen LogP contribution in [0.3, 0.4) is 0 Å². The summed E-state index contributed by atoms with van der Waals surface area (Å²) in [5, 5.41) is 3.35. The van der Waals surface area contributed by atoms with Gasteiger partial charge in [-0.05, 0) is 111 Å². The number of halogens is 2. The molecule has 1 amide bonds. The highest BCUT2D eigenvalue weighted by atomic mass is 19.1. The van der Waals surface area contributed by atoms with Crippen molar-refractivity contribution in [2.75, 3.05) is 31.1 Å². The van der Waals surface area contributed by atoms with Gasteiger partial charge in [0.25, 0.3) is 0 Å². The van der Waals surface area contributed by atoms with Crippen molar-refractivity contribution in [3.63, 3.8) is 0 Å². The minimum atomic E-state index is -0.724. The molecule has 3 fully saturated rings. The Morgan fingerprint density at radius 3 is 1.82 bits per heavy atom. The molecule has 3 aromatic carbocycles. The summed E-state index contributed by atoms with van der Waals surface area (Å²) in [5.74, 6) is -0.594. The zero-order valence-electron chi connectivity index (χ0n) is 22.5. The van der Waals surface area contributed by atoms with Gasteiger partial charge in [-0.3, -0.25) is 9.69 Å². The number of hydrogen-bond acceptors (Lipinski definition) is 3. The molecule has 1 saturated carbocycles. The van der Waals surface area contributed by atoms with Crippen LogP contribution < -0.4 is 10.2 Å². The van der Waals surface area contributed by atoms with Gasteiger partial charge in [0.05, 0.1) is 11.0 Å². The van der Waals surface area contributed by atoms with Crippen LogP contribution in [0.4, 0.5) is 14.5 Å². The highest BCUT2D eigenvalue weighted by Crippen LogP contribution is 2.47. The van der Waals surface area contributed by atoms with Crippen molar-refractivity contribution < 1.29 is 13.6 Å². The Balaban J connectivity index is 1.16. The van der Waals surface area contributed by atoms with E-state index in [1.54, 1.807) is 24.3 Å². The van der Waals surface area contributed by atoms with E-state index in [0.717, 1.165) is 56.7 Å². The van der Waals surface area contributed by atoms with Crippen LogP contribution in [-0.4, -0.2) is 37.0 Å². The normalized spacial score (nSPS) is 20.4. The lowest BCUT2D eigenvalue weighted by Crippen LogP contribution is -2.53. The molecule has 3 aromatic rings. The maximum absolute atomic E-state index is 14.1. The minimum absolute atomic E-state index is 0.0125. The van der Waals surface area contributed by atoms with Gasteiger partial charge in [0.1, 0.15) is 11.6 Å². The summed E-state index contributed by atoms with van der Waals surface area (Å²) in [6, 6.07) is 21.8. The lowest BCUT2D eigenvalue weighted by molar-refractivity contribution is -0.129. The molecule has 0 aromatic heterocycles. The number of carbonyl (C=O) groups excluding carboxylic acids is 1. The summed E-state index contributed by atoms with van der Waals surface area (Å²) in [6.45, 7) is 4.69. The molecule has 1 N–H and O–H groups in total. The Kier molecular flexibility index (Phi) is 7.15. The Hall–Kier alpha value is -3.25. The van der Waals surface area contributed by atoms with Gasteiger partial charge in [-0.25, -0.2) is 8.78 Å². The van der Waals surface area contributed by atoms with Gasteiger partial charge in [-0.1, -0.05) is 36.4 Å². The number of amides is 1. The van der Waals surface area contributed by atoms with E-state index in [2.05, 4.69) is 39.4 Å². The summed E-state index contributed by atoms with van der Waals surface area (Å²) < 4.78 is 27.4. The number of hydrogen-bond donors (Lipinski definition) is 1. The Labute approximate surface area is 230 Å². The van der Waals surface area contributed by atoms with Crippen LogP contribution in [0.25, 0.3) is 0 Å². The molecule has 6 rings (SSSR count). The molecule has 1 aliphatic carbocycles. The van der Waals surface area contributed by atoms with Crippen LogP contribution in [0.2, 0.25) is 0 Å². The third kappa shape index (κ3) is 5.44. The molecular weight excluding hydrogens is 492 g/mol. The standard InChI is InChI=1S/C33H37F2N3O/c34-28-10-6-26(7-11-28)32(31(39)36-33(16-17-33)27-8-12-29(35)13-9-27)18-22-37(23-19-32)24-25-4-14-30(15-5-25)38-20-2-1-3-21-38/h4-15H,1-3,16-24H2,(H,36,39). The van der Waals surface area contributed by atoms with Crippen molar-refractivity contribution in [2.24, 2.45) is 0 Å². The summed E-state index contributed by atoms with van der Waals surface area (Å²) in [7, 11) is 0. The summed E-state index contributed by atoms with van der Waals surface area (Å²) in [5.41, 5.74) is 3.23. The zero-order valence-corrected chi connectivity index (χ0v) is 22.5. The number of nitrogens with zero attached hydrogens (tertiary/aromatic N) is 2. The van der Waals surface area contributed by atoms with E-state index in [1.165, 1.54) is 54.8 Å². The number of benzene rings is 3. The van der Waals surface area contributed by atoms with Crippen molar-refractivity contribution in [1.82, 2.24) is 10.2 Å². The van der Waals surface area contributed by atoms with Crippen molar-refractivity contribution in [2.45, 2.75) is 62.4 Å². The van der Waals surface area contributed by atoms with Gasteiger partial charge in [0, 0.05) is 25.3 Å². The minimum Gasteiger partial charge on any atom is -0.372 e. The van der Waals surface area contributed by atoms with Gasteiger partial charge >= 0.3 is 0 Å². The third-order valence-corrected chi connectivity index (χ3v) is 9.10. The van der Waals surface area contributed by atoms with Gasteiger partial charge in [-0.15, -0.1) is 0 Å². The first kappa shape index (κ1) is 26.0. The molecule has 3 aliphatic rings. The molecule has 2 aliphatic heterocycles. The second kappa shape index (κ2) is 10.7. The largest absolute Gasteiger partial charge is 0.372 e. The number of rotatable bonds is 7. The number of likely N-dealkylation sites (tertiary alicyclic amines) is 1. The smallest absolute Gasteiger partial charge is 0.231 e. The zero-order chi connectivity index (χ0) is 26.9. The van der Waals surface area contributed by atoms with Gasteiger partial charge in [-0.2, -0.15) is 0 Å². The molecule has 4 nitrogen and oxygen atoms in total. The molecule has 0 spiro atoms. The topological polar surface area (TPSA) is 35.6 Å². The first-order valence-corrected chi connectivity index (χ1v) is 14.4. The Morgan fingerprint density at radius 2 is 1.26 bits per heavy atom.